The maximum absolute atomic E-state index is 13.9. The number of rotatable bonds is 3. The summed E-state index contributed by atoms with van der Waals surface area (Å²) in [5.74, 6) is 0.269. The van der Waals surface area contributed by atoms with E-state index in [9.17, 15) is 4.79 Å². The third kappa shape index (κ3) is 3.22. The number of ether oxygens (including phenoxy) is 1. The Labute approximate surface area is 185 Å². The lowest BCUT2D eigenvalue weighted by atomic mass is 9.76. The number of hydrogen-bond donors (Lipinski definition) is 0. The molecule has 2 aromatic rings. The third-order valence-electron chi connectivity index (χ3n) is 8.68. The molecule has 4 atom stereocenters. The Kier molecular flexibility index (Phi) is 4.84. The van der Waals surface area contributed by atoms with E-state index in [-0.39, 0.29) is 11.5 Å². The van der Waals surface area contributed by atoms with E-state index in [1.807, 2.05) is 0 Å². The number of likely N-dealkylation sites (tertiary alicyclic amines) is 1. The summed E-state index contributed by atoms with van der Waals surface area (Å²) in [6.45, 7) is 3.26. The van der Waals surface area contributed by atoms with Crippen molar-refractivity contribution in [3.05, 3.63) is 47.5 Å². The lowest BCUT2D eigenvalue weighted by Crippen LogP contribution is -2.58. The van der Waals surface area contributed by atoms with Crippen LogP contribution >= 0.6 is 0 Å². The van der Waals surface area contributed by atoms with E-state index in [1.54, 1.807) is 0 Å². The molecular formula is C27H34N2O2. The molecule has 0 aromatic heterocycles. The van der Waals surface area contributed by atoms with Gasteiger partial charge < -0.3 is 9.64 Å². The number of carbonyl (C=O) groups excluding carboxylic acids is 1. The Morgan fingerprint density at radius 1 is 1.10 bits per heavy atom. The summed E-state index contributed by atoms with van der Waals surface area (Å²) in [7, 11) is 2.08. The Bertz CT molecular complexity index is 985. The van der Waals surface area contributed by atoms with Crippen molar-refractivity contribution in [1.82, 2.24) is 9.80 Å². The van der Waals surface area contributed by atoms with E-state index >= 15 is 0 Å². The molecule has 4 nitrogen and oxygen atoms in total. The molecule has 1 amide bonds. The van der Waals surface area contributed by atoms with Crippen LogP contribution in [-0.4, -0.2) is 60.1 Å². The van der Waals surface area contributed by atoms with E-state index in [4.69, 9.17) is 4.74 Å². The Balaban J connectivity index is 1.27. The maximum Gasteiger partial charge on any atom is 0.230 e. The highest BCUT2D eigenvalue weighted by molar-refractivity contribution is 5.98. The number of benzene rings is 2. The molecule has 31 heavy (non-hydrogen) atoms. The fourth-order valence-corrected chi connectivity index (χ4v) is 7.10. The Hall–Kier alpha value is -1.91. The first kappa shape index (κ1) is 19.8. The molecule has 2 heterocycles. The van der Waals surface area contributed by atoms with Gasteiger partial charge in [-0.3, -0.25) is 9.69 Å². The molecule has 2 aliphatic carbocycles. The molecule has 164 valence electrons. The largest absolute Gasteiger partial charge is 0.375 e. The zero-order valence-electron chi connectivity index (χ0n) is 18.7. The number of nitrogens with zero attached hydrogens (tertiary/aromatic N) is 2. The van der Waals surface area contributed by atoms with Crippen LogP contribution in [-0.2, 0) is 16.0 Å². The standard InChI is InChI=1S/C27H34N2O2/c1-28(26(30)22-17-20-9-4-7-19-8-5-10-21(22)25(19)20)23-11-13-27(12-6-16-31-27)18-24(23)29-14-2-3-15-29/h4-5,7-10,22-24H,2-3,6,11-18H2,1H3/t22-,23+,24+,27-/m1/s1. The first-order chi connectivity index (χ1) is 15.2. The monoisotopic (exact) mass is 418 g/mol. The minimum Gasteiger partial charge on any atom is -0.375 e. The molecule has 4 aliphatic rings. The van der Waals surface area contributed by atoms with Crippen molar-refractivity contribution in [3.8, 4) is 0 Å². The second-order valence-electron chi connectivity index (χ2n) is 10.3. The highest BCUT2D eigenvalue weighted by atomic mass is 16.5. The molecular weight excluding hydrogens is 384 g/mol. The summed E-state index contributed by atoms with van der Waals surface area (Å²) in [6, 6.07) is 13.7. The van der Waals surface area contributed by atoms with E-state index < -0.39 is 0 Å². The number of amides is 1. The average molecular weight is 419 g/mol. The van der Waals surface area contributed by atoms with Crippen LogP contribution in [0.1, 0.15) is 62.0 Å². The predicted octanol–water partition coefficient (Wildman–Crippen LogP) is 4.50. The molecule has 1 saturated carbocycles. The fourth-order valence-electron chi connectivity index (χ4n) is 7.10. The molecule has 0 N–H and O–H groups in total. The van der Waals surface area contributed by atoms with Crippen molar-refractivity contribution < 1.29 is 9.53 Å². The van der Waals surface area contributed by atoms with Gasteiger partial charge in [-0.05, 0) is 86.4 Å². The number of carbonyl (C=O) groups is 1. The second-order valence-corrected chi connectivity index (χ2v) is 10.3. The van der Waals surface area contributed by atoms with Gasteiger partial charge in [-0.25, -0.2) is 0 Å². The minimum atomic E-state index is -0.0380. The first-order valence-corrected chi connectivity index (χ1v) is 12.3. The van der Waals surface area contributed by atoms with Crippen LogP contribution in [0.2, 0.25) is 0 Å². The van der Waals surface area contributed by atoms with Crippen LogP contribution in [0.3, 0.4) is 0 Å². The predicted molar refractivity (Wildman–Crippen MR) is 123 cm³/mol. The van der Waals surface area contributed by atoms with Crippen LogP contribution in [0.25, 0.3) is 10.8 Å². The van der Waals surface area contributed by atoms with Crippen LogP contribution in [0.4, 0.5) is 0 Å². The van der Waals surface area contributed by atoms with Crippen molar-refractivity contribution in [2.75, 3.05) is 26.7 Å². The molecule has 2 saturated heterocycles. The smallest absolute Gasteiger partial charge is 0.230 e. The van der Waals surface area contributed by atoms with Gasteiger partial charge in [0.05, 0.1) is 11.5 Å². The van der Waals surface area contributed by atoms with Crippen LogP contribution < -0.4 is 0 Å². The molecule has 6 rings (SSSR count). The zero-order valence-corrected chi connectivity index (χ0v) is 18.7. The highest BCUT2D eigenvalue weighted by Crippen LogP contribution is 2.44. The van der Waals surface area contributed by atoms with Gasteiger partial charge in [0.15, 0.2) is 0 Å². The number of hydrogen-bond acceptors (Lipinski definition) is 3. The summed E-state index contributed by atoms with van der Waals surface area (Å²) >= 11 is 0. The van der Waals surface area contributed by atoms with Crippen molar-refractivity contribution in [1.29, 1.82) is 0 Å². The van der Waals surface area contributed by atoms with Gasteiger partial charge in [-0.2, -0.15) is 0 Å². The van der Waals surface area contributed by atoms with Gasteiger partial charge in [0.1, 0.15) is 0 Å². The quantitative estimate of drug-likeness (QED) is 0.736. The van der Waals surface area contributed by atoms with Gasteiger partial charge in [0.2, 0.25) is 5.91 Å². The van der Waals surface area contributed by atoms with E-state index in [2.05, 4.69) is 53.2 Å². The molecule has 0 radical (unpaired) electrons. The van der Waals surface area contributed by atoms with Gasteiger partial charge in [0.25, 0.3) is 0 Å². The normalized spacial score (nSPS) is 32.9. The maximum atomic E-state index is 13.9. The topological polar surface area (TPSA) is 32.8 Å². The zero-order chi connectivity index (χ0) is 21.0. The molecule has 2 aliphatic heterocycles. The van der Waals surface area contributed by atoms with Gasteiger partial charge in [0, 0.05) is 25.7 Å². The molecule has 1 spiro atoms. The van der Waals surface area contributed by atoms with E-state index in [0.717, 1.165) is 32.3 Å². The highest BCUT2D eigenvalue weighted by Gasteiger charge is 2.48. The van der Waals surface area contributed by atoms with Gasteiger partial charge in [-0.1, -0.05) is 36.4 Å². The second kappa shape index (κ2) is 7.60. The van der Waals surface area contributed by atoms with Crippen molar-refractivity contribution >= 4 is 16.7 Å². The molecule has 2 aromatic carbocycles. The molecule has 0 bridgehead atoms. The van der Waals surface area contributed by atoms with Crippen LogP contribution in [0.5, 0.6) is 0 Å². The minimum absolute atomic E-state index is 0.0380. The van der Waals surface area contributed by atoms with Crippen molar-refractivity contribution in [2.24, 2.45) is 0 Å². The third-order valence-corrected chi connectivity index (χ3v) is 8.68. The number of likely N-dealkylation sites (N-methyl/N-ethyl adjacent to an activating group) is 1. The summed E-state index contributed by atoms with van der Waals surface area (Å²) < 4.78 is 6.31. The van der Waals surface area contributed by atoms with Crippen LogP contribution in [0.15, 0.2) is 36.4 Å². The van der Waals surface area contributed by atoms with Gasteiger partial charge >= 0.3 is 0 Å². The summed E-state index contributed by atoms with van der Waals surface area (Å²) in [4.78, 5) is 18.7. The molecule has 3 fully saturated rings. The molecule has 0 unspecified atom stereocenters. The van der Waals surface area contributed by atoms with Crippen molar-refractivity contribution in [3.63, 3.8) is 0 Å². The summed E-state index contributed by atoms with van der Waals surface area (Å²) in [5.41, 5.74) is 2.63. The SMILES string of the molecule is CN(C(=O)[C@@H]1Cc2cccc3cccc1c23)[C@H]1CC[C@]2(CCCO2)C[C@@H]1N1CCCC1. The van der Waals surface area contributed by atoms with E-state index in [1.165, 1.54) is 60.7 Å². The van der Waals surface area contributed by atoms with Crippen LogP contribution in [0, 0.1) is 0 Å². The average Bonchev–Trinajstić information content (AvgIpc) is 3.55. The lowest BCUT2D eigenvalue weighted by molar-refractivity contribution is -0.139. The first-order valence-electron chi connectivity index (χ1n) is 12.3. The van der Waals surface area contributed by atoms with E-state index in [0.29, 0.717) is 18.0 Å². The fraction of sp³-hybridized carbons (Fsp3) is 0.593. The lowest BCUT2D eigenvalue weighted by Gasteiger charge is -2.48. The summed E-state index contributed by atoms with van der Waals surface area (Å²) in [6.07, 6.45) is 9.05. The Morgan fingerprint density at radius 3 is 2.68 bits per heavy atom. The Morgan fingerprint density at radius 2 is 1.90 bits per heavy atom. The molecule has 4 heteroatoms. The van der Waals surface area contributed by atoms with Crippen molar-refractivity contribution in [2.45, 2.75) is 75.0 Å². The van der Waals surface area contributed by atoms with Gasteiger partial charge in [-0.15, -0.1) is 0 Å². The summed E-state index contributed by atoms with van der Waals surface area (Å²) in [5, 5.41) is 2.58.